The van der Waals surface area contributed by atoms with Crippen LogP contribution in [0.15, 0.2) is 65.6 Å². The molecule has 8 nitrogen and oxygen atoms in total. The van der Waals surface area contributed by atoms with E-state index in [2.05, 4.69) is 20.4 Å². The molecule has 0 aliphatic heterocycles. The summed E-state index contributed by atoms with van der Waals surface area (Å²) in [6.07, 6.45) is -1.89. The molecule has 14 heteroatoms. The average molecular weight is 667 g/mol. The van der Waals surface area contributed by atoms with Crippen LogP contribution in [0.3, 0.4) is 0 Å². The minimum Gasteiger partial charge on any atom is -0.344 e. The van der Waals surface area contributed by atoms with Crippen molar-refractivity contribution >= 4 is 16.8 Å². The summed E-state index contributed by atoms with van der Waals surface area (Å²) in [6, 6.07) is 11.3. The van der Waals surface area contributed by atoms with Gasteiger partial charge in [-0.05, 0) is 60.2 Å². The van der Waals surface area contributed by atoms with Gasteiger partial charge in [0.25, 0.3) is 17.9 Å². The Morgan fingerprint density at radius 2 is 1.79 bits per heavy atom. The normalized spacial score (nSPS) is 18.3. The maximum Gasteiger partial charge on any atom is 0.293 e. The first-order valence-corrected chi connectivity index (χ1v) is 15.3. The molecule has 3 atom stereocenters. The molecule has 3 aromatic heterocycles. The van der Waals surface area contributed by atoms with E-state index in [0.717, 1.165) is 17.8 Å². The van der Waals surface area contributed by atoms with Crippen molar-refractivity contribution in [1.82, 2.24) is 29.6 Å². The van der Waals surface area contributed by atoms with E-state index in [4.69, 9.17) is 0 Å². The number of hydrogen-bond donors (Lipinski definition) is 1. The van der Waals surface area contributed by atoms with Crippen LogP contribution in [-0.4, -0.2) is 30.2 Å². The van der Waals surface area contributed by atoms with Crippen LogP contribution in [0.4, 0.5) is 26.3 Å². The highest BCUT2D eigenvalue weighted by Gasteiger charge is 2.67. The van der Waals surface area contributed by atoms with Gasteiger partial charge in [-0.15, -0.1) is 0 Å². The van der Waals surface area contributed by atoms with Gasteiger partial charge in [-0.1, -0.05) is 26.0 Å². The number of aromatic nitrogens is 5. The van der Waals surface area contributed by atoms with Crippen molar-refractivity contribution in [3.05, 3.63) is 117 Å². The molecule has 48 heavy (non-hydrogen) atoms. The van der Waals surface area contributed by atoms with Crippen molar-refractivity contribution < 1.29 is 31.1 Å². The van der Waals surface area contributed by atoms with Gasteiger partial charge in [0.15, 0.2) is 0 Å². The van der Waals surface area contributed by atoms with E-state index in [1.54, 1.807) is 36.4 Å². The van der Waals surface area contributed by atoms with Gasteiger partial charge in [0.05, 0.1) is 28.8 Å². The third-order valence-electron chi connectivity index (χ3n) is 8.89. The summed E-state index contributed by atoms with van der Waals surface area (Å²) in [5.74, 6) is -8.00. The number of nitrogens with one attached hydrogen (secondary N) is 1. The molecule has 0 bridgehead atoms. The van der Waals surface area contributed by atoms with Crippen LogP contribution in [0, 0.1) is 17.6 Å². The monoisotopic (exact) mass is 666 g/mol. The molecule has 1 fully saturated rings. The number of fused-ring (bicyclic) bond motifs is 4. The zero-order chi connectivity index (χ0) is 34.1. The van der Waals surface area contributed by atoms with E-state index in [-0.39, 0.29) is 52.3 Å². The maximum atomic E-state index is 15.2. The maximum absolute atomic E-state index is 15.2. The highest BCUT2D eigenvalue weighted by Crippen LogP contribution is 2.68. The number of pyridine rings is 1. The first-order valence-electron chi connectivity index (χ1n) is 15.3. The molecule has 1 amide bonds. The largest absolute Gasteiger partial charge is 0.344 e. The Kier molecular flexibility index (Phi) is 7.63. The fourth-order valence-corrected chi connectivity index (χ4v) is 6.63. The Balaban J connectivity index is 1.33. The average Bonchev–Trinajstić information content (AvgIpc) is 3.69. The Morgan fingerprint density at radius 1 is 1.06 bits per heavy atom. The van der Waals surface area contributed by atoms with Gasteiger partial charge in [-0.25, -0.2) is 22.5 Å². The van der Waals surface area contributed by atoms with Crippen molar-refractivity contribution in [2.24, 2.45) is 5.92 Å². The molecule has 1 N–H and O–H groups in total. The van der Waals surface area contributed by atoms with Crippen molar-refractivity contribution in [2.45, 2.75) is 63.5 Å². The Labute approximate surface area is 269 Å². The SMILES string of the molecule is CC(C)c1ccc(-n2c([C@H](Cc3cc(F)cc(F)c3)NC(=O)Cn3nc(C(F)F)c4c3C(F)(F)[C@@H]3C[C@H]43)nc3ccccc3c2=O)cn1. The molecule has 2 aliphatic rings. The quantitative estimate of drug-likeness (QED) is 0.179. The highest BCUT2D eigenvalue weighted by molar-refractivity contribution is 5.79. The summed E-state index contributed by atoms with van der Waals surface area (Å²) in [4.78, 5) is 36.8. The van der Waals surface area contributed by atoms with E-state index in [0.29, 0.717) is 10.7 Å². The summed E-state index contributed by atoms with van der Waals surface area (Å²) < 4.78 is 88.6. The lowest BCUT2D eigenvalue weighted by atomic mass is 10.0. The van der Waals surface area contributed by atoms with E-state index >= 15 is 8.78 Å². The summed E-state index contributed by atoms with van der Waals surface area (Å²) in [5.41, 5.74) is -0.861. The van der Waals surface area contributed by atoms with E-state index in [1.807, 2.05) is 13.8 Å². The van der Waals surface area contributed by atoms with Crippen molar-refractivity contribution in [3.63, 3.8) is 0 Å². The van der Waals surface area contributed by atoms with E-state index in [1.165, 1.54) is 10.8 Å². The lowest BCUT2D eigenvalue weighted by Gasteiger charge is -2.23. The molecule has 2 aromatic carbocycles. The fourth-order valence-electron chi connectivity index (χ4n) is 6.63. The second-order valence-electron chi connectivity index (χ2n) is 12.5. The molecule has 248 valence electrons. The minimum atomic E-state index is -3.45. The van der Waals surface area contributed by atoms with E-state index < -0.39 is 71.3 Å². The Hall–Kier alpha value is -5.01. The van der Waals surface area contributed by atoms with Crippen LogP contribution in [0.5, 0.6) is 0 Å². The summed E-state index contributed by atoms with van der Waals surface area (Å²) >= 11 is 0. The van der Waals surface area contributed by atoms with Gasteiger partial charge >= 0.3 is 0 Å². The van der Waals surface area contributed by atoms with Gasteiger partial charge in [-0.3, -0.25) is 23.8 Å². The minimum absolute atomic E-state index is 0.0404. The first kappa shape index (κ1) is 31.6. The van der Waals surface area contributed by atoms with Crippen LogP contribution < -0.4 is 10.9 Å². The summed E-state index contributed by atoms with van der Waals surface area (Å²) in [6.45, 7) is 3.03. The molecule has 1 saturated carbocycles. The number of amides is 1. The van der Waals surface area contributed by atoms with Crippen LogP contribution in [-0.2, 0) is 23.7 Å². The molecule has 3 heterocycles. The standard InChI is InChI=1S/C34H28F6N6O2/c1-16(2)24-8-7-20(14-41-24)46-32(43-25-6-4-3-5-21(25)33(46)48)26(11-17-9-18(35)12-19(36)10-17)42-27(47)15-45-30-28(29(44-45)31(37)38)22-13-23(22)34(30,39)40/h3-10,12,14,16,22-23,26,31H,11,13,15H2,1-2H3,(H,42,47)/t22-,23+,26-/m0/s1. The predicted molar refractivity (Wildman–Crippen MR) is 162 cm³/mol. The molecule has 0 radical (unpaired) electrons. The van der Waals surface area contributed by atoms with Gasteiger partial charge in [0, 0.05) is 29.7 Å². The van der Waals surface area contributed by atoms with Crippen LogP contribution in [0.25, 0.3) is 16.6 Å². The molecule has 7 rings (SSSR count). The summed E-state index contributed by atoms with van der Waals surface area (Å²) in [7, 11) is 0. The van der Waals surface area contributed by atoms with Gasteiger partial charge in [0.1, 0.15) is 35.4 Å². The number of nitrogens with zero attached hydrogens (tertiary/aromatic N) is 5. The zero-order valence-corrected chi connectivity index (χ0v) is 25.6. The van der Waals surface area contributed by atoms with Crippen molar-refractivity contribution in [3.8, 4) is 5.69 Å². The number of halogens is 6. The molecule has 5 aromatic rings. The number of para-hydroxylation sites is 1. The lowest BCUT2D eigenvalue weighted by Crippen LogP contribution is -2.38. The van der Waals surface area contributed by atoms with Gasteiger partial charge in [0.2, 0.25) is 5.91 Å². The smallest absolute Gasteiger partial charge is 0.293 e. The number of hydrogen-bond acceptors (Lipinski definition) is 5. The third kappa shape index (κ3) is 5.42. The van der Waals surface area contributed by atoms with Crippen molar-refractivity contribution in [2.75, 3.05) is 0 Å². The first-order chi connectivity index (χ1) is 22.8. The number of carbonyl (C=O) groups is 1. The third-order valence-corrected chi connectivity index (χ3v) is 8.89. The van der Waals surface area contributed by atoms with Crippen LogP contribution in [0.2, 0.25) is 0 Å². The topological polar surface area (TPSA) is 94.7 Å². The molecule has 0 spiro atoms. The Bertz CT molecular complexity index is 2110. The summed E-state index contributed by atoms with van der Waals surface area (Å²) in [5, 5.41) is 6.62. The van der Waals surface area contributed by atoms with E-state index in [9.17, 15) is 27.2 Å². The Morgan fingerprint density at radius 3 is 2.46 bits per heavy atom. The molecular formula is C34H28F6N6O2. The molecule has 0 unspecified atom stereocenters. The van der Waals surface area contributed by atoms with Crippen LogP contribution in [0.1, 0.15) is 78.6 Å². The second kappa shape index (κ2) is 11.6. The van der Waals surface area contributed by atoms with Crippen molar-refractivity contribution in [1.29, 1.82) is 0 Å². The van der Waals surface area contributed by atoms with Gasteiger partial charge in [-0.2, -0.15) is 13.9 Å². The second-order valence-corrected chi connectivity index (χ2v) is 12.5. The predicted octanol–water partition coefficient (Wildman–Crippen LogP) is 6.63. The number of rotatable bonds is 9. The number of alkyl halides is 4. The molecular weight excluding hydrogens is 638 g/mol. The number of benzene rings is 2. The van der Waals surface area contributed by atoms with Gasteiger partial charge < -0.3 is 5.32 Å². The van der Waals surface area contributed by atoms with Crippen LogP contribution >= 0.6 is 0 Å². The fraction of sp³-hybridized carbons (Fsp3) is 0.324. The number of carbonyl (C=O) groups excluding carboxylic acids is 1. The molecule has 0 saturated heterocycles. The highest BCUT2D eigenvalue weighted by atomic mass is 19.3. The molecule has 2 aliphatic carbocycles. The zero-order valence-electron chi connectivity index (χ0n) is 25.6. The lowest BCUT2D eigenvalue weighted by molar-refractivity contribution is -0.123.